The highest BCUT2D eigenvalue weighted by Crippen LogP contribution is 2.23. The first-order chi connectivity index (χ1) is 8.11. The number of benzene rings is 1. The van der Waals surface area contributed by atoms with Crippen molar-refractivity contribution in [2.75, 3.05) is 0 Å². The third-order valence-corrected chi connectivity index (χ3v) is 2.84. The smallest absolute Gasteiger partial charge is 0.101 e. The van der Waals surface area contributed by atoms with Crippen molar-refractivity contribution in [3.63, 3.8) is 0 Å². The second kappa shape index (κ2) is 4.58. The van der Waals surface area contributed by atoms with Gasteiger partial charge in [-0.1, -0.05) is 17.7 Å². The fraction of sp³-hybridized carbons (Fsp3) is 0.167. The number of nitriles is 1. The van der Waals surface area contributed by atoms with Crippen molar-refractivity contribution in [3.8, 4) is 6.07 Å². The van der Waals surface area contributed by atoms with Crippen LogP contribution in [0.15, 0.2) is 30.5 Å². The van der Waals surface area contributed by atoms with Crippen LogP contribution < -0.4 is 5.73 Å². The Morgan fingerprint density at radius 1 is 1.47 bits per heavy atom. The average Bonchev–Trinajstić information content (AvgIpc) is 2.75. The normalized spacial score (nSPS) is 12.1. The Morgan fingerprint density at radius 3 is 2.76 bits per heavy atom. The van der Waals surface area contributed by atoms with Crippen LogP contribution in [0.1, 0.15) is 22.9 Å². The van der Waals surface area contributed by atoms with Gasteiger partial charge in [0, 0.05) is 13.2 Å². The Labute approximate surface area is 104 Å². The van der Waals surface area contributed by atoms with Crippen molar-refractivity contribution in [1.82, 2.24) is 9.78 Å². The van der Waals surface area contributed by atoms with Gasteiger partial charge in [0.1, 0.15) is 6.07 Å². The lowest BCUT2D eigenvalue weighted by Crippen LogP contribution is -2.13. The van der Waals surface area contributed by atoms with Gasteiger partial charge >= 0.3 is 0 Å². The number of aryl methyl sites for hydroxylation is 1. The molecule has 1 heterocycles. The number of rotatable bonds is 2. The van der Waals surface area contributed by atoms with E-state index in [9.17, 15) is 0 Å². The van der Waals surface area contributed by atoms with Crippen molar-refractivity contribution < 1.29 is 0 Å². The zero-order valence-corrected chi connectivity index (χ0v) is 10.0. The maximum Gasteiger partial charge on any atom is 0.101 e. The standard InChI is InChI=1S/C12H11ClN4/c1-17-5-4-11(16-17)12(15)8-2-3-9(7-14)10(13)6-8/h2-6,12H,15H2,1H3. The summed E-state index contributed by atoms with van der Waals surface area (Å²) >= 11 is 5.96. The molecule has 0 amide bonds. The summed E-state index contributed by atoms with van der Waals surface area (Å²) < 4.78 is 1.69. The fourth-order valence-corrected chi connectivity index (χ4v) is 1.82. The summed E-state index contributed by atoms with van der Waals surface area (Å²) in [5, 5.41) is 13.4. The second-order valence-corrected chi connectivity index (χ2v) is 4.15. The molecule has 0 aliphatic carbocycles. The predicted molar refractivity (Wildman–Crippen MR) is 65.4 cm³/mol. The summed E-state index contributed by atoms with van der Waals surface area (Å²) in [4.78, 5) is 0. The molecular formula is C12H11ClN4. The lowest BCUT2D eigenvalue weighted by Gasteiger charge is -2.10. The van der Waals surface area contributed by atoms with Crippen molar-refractivity contribution in [1.29, 1.82) is 5.26 Å². The van der Waals surface area contributed by atoms with E-state index < -0.39 is 0 Å². The highest BCUT2D eigenvalue weighted by Gasteiger charge is 2.13. The first kappa shape index (κ1) is 11.6. The molecule has 0 bridgehead atoms. The van der Waals surface area contributed by atoms with Gasteiger partial charge in [0.25, 0.3) is 0 Å². The van der Waals surface area contributed by atoms with Crippen molar-refractivity contribution in [2.45, 2.75) is 6.04 Å². The molecule has 0 aliphatic heterocycles. The molecule has 1 atom stereocenters. The summed E-state index contributed by atoms with van der Waals surface area (Å²) in [6.07, 6.45) is 1.83. The summed E-state index contributed by atoms with van der Waals surface area (Å²) in [6.45, 7) is 0. The molecule has 0 spiro atoms. The SMILES string of the molecule is Cn1ccc(C(N)c2ccc(C#N)c(Cl)c2)n1. The molecule has 1 unspecified atom stereocenters. The zero-order valence-electron chi connectivity index (χ0n) is 9.26. The molecule has 0 radical (unpaired) electrons. The van der Waals surface area contributed by atoms with Gasteiger partial charge < -0.3 is 5.73 Å². The number of nitrogens with zero attached hydrogens (tertiary/aromatic N) is 3. The molecule has 0 saturated carbocycles. The van der Waals surface area contributed by atoms with Crippen molar-refractivity contribution in [2.24, 2.45) is 12.8 Å². The first-order valence-electron chi connectivity index (χ1n) is 5.06. The zero-order chi connectivity index (χ0) is 12.4. The van der Waals surface area contributed by atoms with Crippen molar-refractivity contribution >= 4 is 11.6 Å². The lowest BCUT2D eigenvalue weighted by atomic mass is 10.0. The maximum absolute atomic E-state index is 8.79. The molecule has 2 aromatic rings. The van der Waals surface area contributed by atoms with E-state index in [2.05, 4.69) is 5.10 Å². The molecule has 0 fully saturated rings. The van der Waals surface area contributed by atoms with E-state index in [-0.39, 0.29) is 6.04 Å². The molecule has 1 aromatic heterocycles. The van der Waals surface area contributed by atoms with Gasteiger partial charge in [-0.05, 0) is 23.8 Å². The van der Waals surface area contributed by atoms with Crippen LogP contribution in [0.2, 0.25) is 5.02 Å². The monoisotopic (exact) mass is 246 g/mol. The van der Waals surface area contributed by atoms with E-state index in [0.29, 0.717) is 10.6 Å². The molecule has 4 nitrogen and oxygen atoms in total. The van der Waals surface area contributed by atoms with Crippen LogP contribution in [0.3, 0.4) is 0 Å². The van der Waals surface area contributed by atoms with Crippen LogP contribution in [-0.2, 0) is 7.05 Å². The number of nitrogens with two attached hydrogens (primary N) is 1. The molecule has 2 N–H and O–H groups in total. The number of hydrogen-bond acceptors (Lipinski definition) is 3. The first-order valence-corrected chi connectivity index (χ1v) is 5.44. The van der Waals surface area contributed by atoms with Gasteiger partial charge in [-0.2, -0.15) is 10.4 Å². The van der Waals surface area contributed by atoms with Gasteiger partial charge in [-0.25, -0.2) is 0 Å². The molecule has 0 aliphatic rings. The Kier molecular flexibility index (Phi) is 3.14. The summed E-state index contributed by atoms with van der Waals surface area (Å²) in [7, 11) is 1.84. The number of aromatic nitrogens is 2. The summed E-state index contributed by atoms with van der Waals surface area (Å²) in [5.41, 5.74) is 8.13. The van der Waals surface area contributed by atoms with Crippen LogP contribution >= 0.6 is 11.6 Å². The third kappa shape index (κ3) is 2.31. The fourth-order valence-electron chi connectivity index (χ4n) is 1.59. The Morgan fingerprint density at radius 2 is 2.24 bits per heavy atom. The van der Waals surface area contributed by atoms with Crippen LogP contribution in [0.4, 0.5) is 0 Å². The Bertz CT molecular complexity index is 582. The maximum atomic E-state index is 8.79. The highest BCUT2D eigenvalue weighted by atomic mass is 35.5. The Balaban J connectivity index is 2.35. The largest absolute Gasteiger partial charge is 0.319 e. The van der Waals surface area contributed by atoms with Crippen molar-refractivity contribution in [3.05, 3.63) is 52.3 Å². The van der Waals surface area contributed by atoms with E-state index in [1.54, 1.807) is 22.9 Å². The summed E-state index contributed by atoms with van der Waals surface area (Å²) in [5.74, 6) is 0. The van der Waals surface area contributed by atoms with Crippen LogP contribution in [0, 0.1) is 11.3 Å². The van der Waals surface area contributed by atoms with Crippen LogP contribution in [0.5, 0.6) is 0 Å². The van der Waals surface area contributed by atoms with E-state index in [1.807, 2.05) is 25.4 Å². The van der Waals surface area contributed by atoms with Gasteiger partial charge in [0.15, 0.2) is 0 Å². The third-order valence-electron chi connectivity index (χ3n) is 2.53. The predicted octanol–water partition coefficient (Wildman–Crippen LogP) is 1.99. The van der Waals surface area contributed by atoms with E-state index in [4.69, 9.17) is 22.6 Å². The van der Waals surface area contributed by atoms with E-state index in [1.165, 1.54) is 0 Å². The summed E-state index contributed by atoms with van der Waals surface area (Å²) in [6, 6.07) is 8.71. The molecular weight excluding hydrogens is 236 g/mol. The van der Waals surface area contributed by atoms with Gasteiger partial charge in [-0.15, -0.1) is 0 Å². The van der Waals surface area contributed by atoms with E-state index >= 15 is 0 Å². The van der Waals surface area contributed by atoms with Gasteiger partial charge in [-0.3, -0.25) is 4.68 Å². The minimum Gasteiger partial charge on any atom is -0.319 e. The molecule has 86 valence electrons. The molecule has 5 heteroatoms. The number of halogens is 1. The minimum absolute atomic E-state index is 0.332. The quantitative estimate of drug-likeness (QED) is 0.881. The highest BCUT2D eigenvalue weighted by molar-refractivity contribution is 6.31. The molecule has 2 rings (SSSR count). The average molecular weight is 247 g/mol. The van der Waals surface area contributed by atoms with Crippen LogP contribution in [0.25, 0.3) is 0 Å². The molecule has 1 aromatic carbocycles. The molecule has 17 heavy (non-hydrogen) atoms. The lowest BCUT2D eigenvalue weighted by molar-refractivity contribution is 0.716. The number of hydrogen-bond donors (Lipinski definition) is 1. The van der Waals surface area contributed by atoms with Gasteiger partial charge in [0.2, 0.25) is 0 Å². The minimum atomic E-state index is -0.332. The molecule has 0 saturated heterocycles. The van der Waals surface area contributed by atoms with Crippen LogP contribution in [-0.4, -0.2) is 9.78 Å². The topological polar surface area (TPSA) is 67.6 Å². The van der Waals surface area contributed by atoms with Gasteiger partial charge in [0.05, 0.1) is 22.3 Å². The van der Waals surface area contributed by atoms with E-state index in [0.717, 1.165) is 11.3 Å². The Hall–Kier alpha value is -1.83. The second-order valence-electron chi connectivity index (χ2n) is 3.74.